The highest BCUT2D eigenvalue weighted by Crippen LogP contribution is 2.24. The lowest BCUT2D eigenvalue weighted by Gasteiger charge is -2.13. The Hall–Kier alpha value is -1.52. The Labute approximate surface area is 106 Å². The van der Waals surface area contributed by atoms with Crippen molar-refractivity contribution in [3.63, 3.8) is 0 Å². The fourth-order valence-electron chi connectivity index (χ4n) is 1.45. The summed E-state index contributed by atoms with van der Waals surface area (Å²) in [5.74, 6) is -1.42. The molecule has 0 fully saturated rings. The number of carboxylic acids is 1. The van der Waals surface area contributed by atoms with Gasteiger partial charge < -0.3 is 15.9 Å². The van der Waals surface area contributed by atoms with E-state index in [4.69, 9.17) is 10.8 Å². The van der Waals surface area contributed by atoms with Gasteiger partial charge in [-0.15, -0.1) is 19.0 Å². The maximum atomic E-state index is 10.8. The zero-order valence-corrected chi connectivity index (χ0v) is 10.3. The number of aromatic carboxylic acids is 1. The smallest absolute Gasteiger partial charge is 0.339 e. The number of rotatable bonds is 4. The van der Waals surface area contributed by atoms with Gasteiger partial charge in [0.2, 0.25) is 0 Å². The molecule has 1 aromatic rings. The predicted molar refractivity (Wildman–Crippen MR) is 68.7 cm³/mol. The number of carboxylic acid groups (broad SMARTS) is 1. The average Bonchev–Trinajstić information content (AvgIpc) is 2.16. The van der Waals surface area contributed by atoms with E-state index in [0.29, 0.717) is 12.0 Å². The lowest BCUT2D eigenvalue weighted by molar-refractivity contribution is 0.0693. The van der Waals surface area contributed by atoms with Gasteiger partial charge in [-0.2, -0.15) is 0 Å². The van der Waals surface area contributed by atoms with Gasteiger partial charge in [-0.05, 0) is 31.0 Å². The van der Waals surface area contributed by atoms with Crippen LogP contribution in [0, 0.1) is 0 Å². The molecule has 1 rings (SSSR count). The van der Waals surface area contributed by atoms with Crippen LogP contribution in [-0.4, -0.2) is 16.2 Å². The van der Waals surface area contributed by atoms with Crippen LogP contribution in [0.5, 0.6) is 5.75 Å². The Balaban J connectivity index is 0.00000256. The topological polar surface area (TPSA) is 83.5 Å². The van der Waals surface area contributed by atoms with Crippen LogP contribution in [-0.2, 0) is 0 Å². The van der Waals surface area contributed by atoms with Gasteiger partial charge in [0.25, 0.3) is 0 Å². The molecule has 17 heavy (non-hydrogen) atoms. The molecule has 0 saturated heterocycles. The van der Waals surface area contributed by atoms with Crippen LogP contribution in [0.1, 0.15) is 35.3 Å². The average molecular weight is 258 g/mol. The minimum absolute atomic E-state index is 0. The summed E-state index contributed by atoms with van der Waals surface area (Å²) in [6.07, 6.45) is 0.587. The first kappa shape index (κ1) is 15.5. The maximum absolute atomic E-state index is 10.8. The second kappa shape index (κ2) is 6.27. The maximum Gasteiger partial charge on any atom is 0.339 e. The molecule has 0 aromatic heterocycles. The second-order valence-corrected chi connectivity index (χ2v) is 3.85. The van der Waals surface area contributed by atoms with Crippen LogP contribution in [0.4, 0.5) is 0 Å². The van der Waals surface area contributed by atoms with Crippen molar-refractivity contribution in [3.05, 3.63) is 41.5 Å². The third-order valence-electron chi connectivity index (χ3n) is 2.25. The second-order valence-electron chi connectivity index (χ2n) is 3.85. The molecule has 0 bridgehead atoms. The molecule has 0 heterocycles. The molecule has 0 unspecified atom stereocenters. The van der Waals surface area contributed by atoms with Crippen LogP contribution < -0.4 is 5.73 Å². The summed E-state index contributed by atoms with van der Waals surface area (Å²) in [5, 5.41) is 18.2. The summed E-state index contributed by atoms with van der Waals surface area (Å²) in [6, 6.07) is 4.06. The largest absolute Gasteiger partial charge is 0.507 e. The van der Waals surface area contributed by atoms with Gasteiger partial charge in [-0.1, -0.05) is 11.6 Å². The first-order valence-corrected chi connectivity index (χ1v) is 4.88. The molecule has 5 heteroatoms. The normalized spacial score (nSPS) is 11.4. The van der Waals surface area contributed by atoms with Gasteiger partial charge in [-0.3, -0.25) is 0 Å². The standard InChI is InChI=1S/C12H15NO3.ClH/c1-7(2)5-10(13)8-3-4-11(14)9(6-8)12(15)16;/h3-4,6,10,14H,1,5,13H2,2H3,(H,15,16);1H/t10-;/m1./s1. The van der Waals surface area contributed by atoms with Gasteiger partial charge in [-0.25, -0.2) is 4.79 Å². The van der Waals surface area contributed by atoms with Crippen LogP contribution in [0.25, 0.3) is 0 Å². The van der Waals surface area contributed by atoms with E-state index in [9.17, 15) is 9.90 Å². The quantitative estimate of drug-likeness (QED) is 0.724. The highest BCUT2D eigenvalue weighted by molar-refractivity contribution is 5.90. The van der Waals surface area contributed by atoms with Crippen molar-refractivity contribution in [1.29, 1.82) is 0 Å². The highest BCUT2D eigenvalue weighted by atomic mass is 35.5. The molecule has 0 radical (unpaired) electrons. The summed E-state index contributed by atoms with van der Waals surface area (Å²) in [5.41, 5.74) is 7.36. The minimum Gasteiger partial charge on any atom is -0.507 e. The van der Waals surface area contributed by atoms with Crippen molar-refractivity contribution in [2.24, 2.45) is 5.73 Å². The fraction of sp³-hybridized carbons (Fsp3) is 0.250. The first-order chi connectivity index (χ1) is 7.41. The third kappa shape index (κ3) is 4.09. The van der Waals surface area contributed by atoms with Crippen molar-refractivity contribution in [2.75, 3.05) is 0 Å². The Bertz CT molecular complexity index is 432. The van der Waals surface area contributed by atoms with Crippen LogP contribution in [0.3, 0.4) is 0 Å². The Morgan fingerprint density at radius 1 is 1.53 bits per heavy atom. The van der Waals surface area contributed by atoms with Gasteiger partial charge in [0.15, 0.2) is 0 Å². The molecular formula is C12H16ClNO3. The van der Waals surface area contributed by atoms with E-state index in [1.807, 2.05) is 6.92 Å². The molecular weight excluding hydrogens is 242 g/mol. The monoisotopic (exact) mass is 257 g/mol. The van der Waals surface area contributed by atoms with E-state index in [0.717, 1.165) is 5.57 Å². The molecule has 94 valence electrons. The molecule has 4 nitrogen and oxygen atoms in total. The first-order valence-electron chi connectivity index (χ1n) is 4.88. The van der Waals surface area contributed by atoms with Crippen LogP contribution in [0.15, 0.2) is 30.4 Å². The zero-order chi connectivity index (χ0) is 12.3. The lowest BCUT2D eigenvalue weighted by Crippen LogP contribution is -2.11. The fourth-order valence-corrected chi connectivity index (χ4v) is 1.45. The van der Waals surface area contributed by atoms with E-state index in [-0.39, 0.29) is 29.8 Å². The van der Waals surface area contributed by atoms with Crippen molar-refractivity contribution in [1.82, 2.24) is 0 Å². The zero-order valence-electron chi connectivity index (χ0n) is 9.51. The number of hydrogen-bond donors (Lipinski definition) is 3. The van der Waals surface area contributed by atoms with Crippen molar-refractivity contribution >= 4 is 18.4 Å². The molecule has 0 spiro atoms. The lowest BCUT2D eigenvalue weighted by atomic mass is 9.99. The molecule has 0 aliphatic carbocycles. The molecule has 0 saturated carbocycles. The van der Waals surface area contributed by atoms with E-state index < -0.39 is 5.97 Å². The van der Waals surface area contributed by atoms with Crippen LogP contribution >= 0.6 is 12.4 Å². The number of hydrogen-bond acceptors (Lipinski definition) is 3. The van der Waals surface area contributed by atoms with Gasteiger partial charge in [0.05, 0.1) is 0 Å². The molecule has 1 atom stereocenters. The SMILES string of the molecule is C=C(C)C[C@@H](N)c1ccc(O)c(C(=O)O)c1.Cl. The molecule has 4 N–H and O–H groups in total. The summed E-state index contributed by atoms with van der Waals surface area (Å²) in [7, 11) is 0. The van der Waals surface area contributed by atoms with Gasteiger partial charge >= 0.3 is 5.97 Å². The summed E-state index contributed by atoms with van der Waals surface area (Å²) >= 11 is 0. The number of phenols is 1. The molecule has 0 aliphatic rings. The Morgan fingerprint density at radius 2 is 2.12 bits per heavy atom. The number of carbonyl (C=O) groups is 1. The highest BCUT2D eigenvalue weighted by Gasteiger charge is 2.13. The number of aromatic hydroxyl groups is 1. The third-order valence-corrected chi connectivity index (χ3v) is 2.25. The van der Waals surface area contributed by atoms with E-state index in [1.54, 1.807) is 6.07 Å². The van der Waals surface area contributed by atoms with Crippen molar-refractivity contribution in [3.8, 4) is 5.75 Å². The van der Waals surface area contributed by atoms with E-state index in [1.165, 1.54) is 12.1 Å². The molecule has 1 aromatic carbocycles. The number of halogens is 1. The number of benzene rings is 1. The van der Waals surface area contributed by atoms with E-state index in [2.05, 4.69) is 6.58 Å². The van der Waals surface area contributed by atoms with Gasteiger partial charge in [0.1, 0.15) is 11.3 Å². The van der Waals surface area contributed by atoms with Crippen LogP contribution in [0.2, 0.25) is 0 Å². The van der Waals surface area contributed by atoms with Gasteiger partial charge in [0, 0.05) is 6.04 Å². The molecule has 0 amide bonds. The Kier molecular flexibility index (Phi) is 5.71. The predicted octanol–water partition coefficient (Wildman–Crippen LogP) is 2.48. The molecule has 0 aliphatic heterocycles. The van der Waals surface area contributed by atoms with Crippen molar-refractivity contribution < 1.29 is 15.0 Å². The minimum atomic E-state index is -1.16. The van der Waals surface area contributed by atoms with E-state index >= 15 is 0 Å². The summed E-state index contributed by atoms with van der Waals surface area (Å²) in [4.78, 5) is 10.8. The number of nitrogens with two attached hydrogens (primary N) is 1. The summed E-state index contributed by atoms with van der Waals surface area (Å²) < 4.78 is 0. The Morgan fingerprint density at radius 3 is 2.59 bits per heavy atom. The summed E-state index contributed by atoms with van der Waals surface area (Å²) in [6.45, 7) is 5.61. The van der Waals surface area contributed by atoms with Crippen molar-refractivity contribution in [2.45, 2.75) is 19.4 Å².